The summed E-state index contributed by atoms with van der Waals surface area (Å²) in [6.45, 7) is 0.886. The Labute approximate surface area is 80.0 Å². The molecule has 2 nitrogen and oxygen atoms in total. The molecule has 0 aromatic heterocycles. The van der Waals surface area contributed by atoms with Gasteiger partial charge in [0.05, 0.1) is 5.02 Å². The number of benzene rings is 1. The molecule has 1 rings (SSSR count). The highest BCUT2D eigenvalue weighted by Crippen LogP contribution is 2.20. The smallest absolute Gasteiger partial charge is 0.189 e. The molecule has 0 aliphatic carbocycles. The van der Waals surface area contributed by atoms with E-state index in [-0.39, 0.29) is 10.6 Å². The molecule has 4 heteroatoms. The van der Waals surface area contributed by atoms with Crippen LogP contribution in [0.1, 0.15) is 15.9 Å². The summed E-state index contributed by atoms with van der Waals surface area (Å²) in [6, 6.07) is 2.40. The van der Waals surface area contributed by atoms with Crippen molar-refractivity contribution in [3.63, 3.8) is 0 Å². The Morgan fingerprint density at radius 2 is 2.23 bits per heavy atom. The van der Waals surface area contributed by atoms with Gasteiger partial charge in [0.1, 0.15) is 12.4 Å². The Morgan fingerprint density at radius 3 is 2.77 bits per heavy atom. The summed E-state index contributed by atoms with van der Waals surface area (Å²) in [6.07, 6.45) is 0. The predicted molar refractivity (Wildman–Crippen MR) is 47.6 cm³/mol. The van der Waals surface area contributed by atoms with Gasteiger partial charge < -0.3 is 5.11 Å². The normalized spacial score (nSPS) is 10.2. The van der Waals surface area contributed by atoms with Crippen molar-refractivity contribution < 1.29 is 14.3 Å². The lowest BCUT2D eigenvalue weighted by Gasteiger charge is -2.03. The zero-order valence-corrected chi connectivity index (χ0v) is 7.73. The number of hydrogen-bond acceptors (Lipinski definition) is 2. The van der Waals surface area contributed by atoms with E-state index in [9.17, 15) is 9.18 Å². The van der Waals surface area contributed by atoms with E-state index in [1.807, 2.05) is 0 Å². The molecule has 0 spiro atoms. The van der Waals surface area contributed by atoms with Gasteiger partial charge in [-0.15, -0.1) is 0 Å². The third kappa shape index (κ3) is 2.05. The number of aryl methyl sites for hydroxylation is 1. The minimum absolute atomic E-state index is 0.0206. The van der Waals surface area contributed by atoms with Gasteiger partial charge in [0.25, 0.3) is 0 Å². The van der Waals surface area contributed by atoms with E-state index in [0.29, 0.717) is 5.56 Å². The van der Waals surface area contributed by atoms with Gasteiger partial charge in [-0.2, -0.15) is 0 Å². The molecule has 0 saturated carbocycles. The molecule has 0 amide bonds. The molecule has 0 atom stereocenters. The monoisotopic (exact) mass is 202 g/mol. The van der Waals surface area contributed by atoms with E-state index in [2.05, 4.69) is 0 Å². The number of hydrogen-bond donors (Lipinski definition) is 1. The Hall–Kier alpha value is -0.930. The highest BCUT2D eigenvalue weighted by atomic mass is 35.5. The molecular formula is C9H8ClFO2. The molecule has 0 aliphatic heterocycles. The summed E-state index contributed by atoms with van der Waals surface area (Å²) in [4.78, 5) is 11.0. The van der Waals surface area contributed by atoms with Crippen LogP contribution in [-0.2, 0) is 0 Å². The van der Waals surface area contributed by atoms with Gasteiger partial charge in [-0.3, -0.25) is 4.79 Å². The first-order valence-electron chi connectivity index (χ1n) is 3.66. The van der Waals surface area contributed by atoms with Crippen LogP contribution in [0.5, 0.6) is 0 Å². The first-order chi connectivity index (χ1) is 6.06. The summed E-state index contributed by atoms with van der Waals surface area (Å²) in [7, 11) is 0. The fourth-order valence-electron chi connectivity index (χ4n) is 0.945. The van der Waals surface area contributed by atoms with Crippen molar-refractivity contribution in [2.45, 2.75) is 6.92 Å². The molecule has 0 heterocycles. The quantitative estimate of drug-likeness (QED) is 0.745. The van der Waals surface area contributed by atoms with E-state index in [0.717, 1.165) is 6.07 Å². The maximum Gasteiger partial charge on any atom is 0.189 e. The first-order valence-corrected chi connectivity index (χ1v) is 4.03. The third-order valence-electron chi connectivity index (χ3n) is 1.69. The van der Waals surface area contributed by atoms with Crippen molar-refractivity contribution in [1.29, 1.82) is 0 Å². The maximum atomic E-state index is 13.0. The van der Waals surface area contributed by atoms with Crippen molar-refractivity contribution in [2.75, 3.05) is 6.61 Å². The van der Waals surface area contributed by atoms with E-state index >= 15 is 0 Å². The minimum atomic E-state index is -0.664. The Balaban J connectivity index is 3.23. The average Bonchev–Trinajstić information content (AvgIpc) is 2.10. The van der Waals surface area contributed by atoms with E-state index in [4.69, 9.17) is 16.7 Å². The van der Waals surface area contributed by atoms with Gasteiger partial charge in [-0.25, -0.2) is 4.39 Å². The number of carbonyl (C=O) groups is 1. The van der Waals surface area contributed by atoms with Gasteiger partial charge >= 0.3 is 0 Å². The van der Waals surface area contributed by atoms with Crippen molar-refractivity contribution in [3.05, 3.63) is 34.1 Å². The molecule has 13 heavy (non-hydrogen) atoms. The number of halogens is 2. The molecule has 0 unspecified atom stereocenters. The van der Waals surface area contributed by atoms with E-state index in [1.165, 1.54) is 6.07 Å². The highest BCUT2D eigenvalue weighted by molar-refractivity contribution is 6.34. The maximum absolute atomic E-state index is 13.0. The zero-order chi connectivity index (χ0) is 10.0. The molecule has 0 radical (unpaired) electrons. The minimum Gasteiger partial charge on any atom is -0.388 e. The van der Waals surface area contributed by atoms with Crippen LogP contribution in [0.4, 0.5) is 4.39 Å². The van der Waals surface area contributed by atoms with Crippen molar-refractivity contribution in [3.8, 4) is 0 Å². The van der Waals surface area contributed by atoms with Gasteiger partial charge in [-0.1, -0.05) is 11.6 Å². The second-order valence-electron chi connectivity index (χ2n) is 2.66. The molecule has 70 valence electrons. The van der Waals surface area contributed by atoms with Gasteiger partial charge in [0.15, 0.2) is 5.78 Å². The van der Waals surface area contributed by atoms with Crippen LogP contribution in [0.2, 0.25) is 5.02 Å². The SMILES string of the molecule is Cc1cc(Cl)c(C(=O)CO)cc1F. The fourth-order valence-corrected chi connectivity index (χ4v) is 1.27. The van der Waals surface area contributed by atoms with Crippen molar-refractivity contribution in [1.82, 2.24) is 0 Å². The number of aliphatic hydroxyl groups is 1. The summed E-state index contributed by atoms with van der Waals surface area (Å²) in [5.74, 6) is -1.08. The molecule has 0 aliphatic rings. The van der Waals surface area contributed by atoms with Crippen LogP contribution in [0, 0.1) is 12.7 Å². The summed E-state index contributed by atoms with van der Waals surface area (Å²) in [5, 5.41) is 8.71. The zero-order valence-electron chi connectivity index (χ0n) is 6.97. The summed E-state index contributed by atoms with van der Waals surface area (Å²) < 4.78 is 13.0. The van der Waals surface area contributed by atoms with E-state index in [1.54, 1.807) is 6.92 Å². The first kappa shape index (κ1) is 10.2. The Morgan fingerprint density at radius 1 is 1.62 bits per heavy atom. The van der Waals surface area contributed by atoms with Crippen LogP contribution in [0.3, 0.4) is 0 Å². The van der Waals surface area contributed by atoms with Crippen LogP contribution in [0.25, 0.3) is 0 Å². The molecular weight excluding hydrogens is 195 g/mol. The van der Waals surface area contributed by atoms with E-state index < -0.39 is 18.2 Å². The number of rotatable bonds is 2. The van der Waals surface area contributed by atoms with Crippen LogP contribution >= 0.6 is 11.6 Å². The topological polar surface area (TPSA) is 37.3 Å². The largest absolute Gasteiger partial charge is 0.388 e. The van der Waals surface area contributed by atoms with Crippen LogP contribution in [-0.4, -0.2) is 17.5 Å². The molecule has 0 fully saturated rings. The average molecular weight is 203 g/mol. The summed E-state index contributed by atoms with van der Waals surface area (Å²) >= 11 is 5.68. The Bertz CT molecular complexity index is 350. The fraction of sp³-hybridized carbons (Fsp3) is 0.222. The number of carbonyl (C=O) groups excluding carboxylic acids is 1. The molecule has 1 N–H and O–H groups in total. The standard InChI is InChI=1S/C9H8ClFO2/c1-5-2-7(10)6(3-8(5)11)9(13)4-12/h2-3,12H,4H2,1H3. The molecule has 1 aromatic carbocycles. The summed E-state index contributed by atoms with van der Waals surface area (Å²) in [5.41, 5.74) is 0.395. The van der Waals surface area contributed by atoms with Crippen molar-refractivity contribution in [2.24, 2.45) is 0 Å². The number of aliphatic hydroxyl groups excluding tert-OH is 1. The van der Waals surface area contributed by atoms with Gasteiger partial charge in [0, 0.05) is 5.56 Å². The number of Topliss-reactive ketones (excluding diaryl/α,β-unsaturated/α-hetero) is 1. The predicted octanol–water partition coefficient (Wildman–Crippen LogP) is 1.96. The number of ketones is 1. The second kappa shape index (κ2) is 3.85. The van der Waals surface area contributed by atoms with Gasteiger partial charge in [0.2, 0.25) is 0 Å². The van der Waals surface area contributed by atoms with Crippen LogP contribution in [0.15, 0.2) is 12.1 Å². The second-order valence-corrected chi connectivity index (χ2v) is 3.07. The Kier molecular flexibility index (Phi) is 3.01. The lowest BCUT2D eigenvalue weighted by molar-refractivity contribution is 0.0903. The van der Waals surface area contributed by atoms with Gasteiger partial charge in [-0.05, 0) is 24.6 Å². The lowest BCUT2D eigenvalue weighted by atomic mass is 10.1. The highest BCUT2D eigenvalue weighted by Gasteiger charge is 2.11. The van der Waals surface area contributed by atoms with Crippen molar-refractivity contribution >= 4 is 17.4 Å². The molecule has 0 bridgehead atoms. The molecule has 0 saturated heterocycles. The van der Waals surface area contributed by atoms with Crippen LogP contribution < -0.4 is 0 Å². The molecule has 1 aromatic rings. The third-order valence-corrected chi connectivity index (χ3v) is 2.01. The lowest BCUT2D eigenvalue weighted by Crippen LogP contribution is -2.06.